The van der Waals surface area contributed by atoms with Gasteiger partial charge in [0.2, 0.25) is 0 Å². The zero-order chi connectivity index (χ0) is 16.0. The quantitative estimate of drug-likeness (QED) is 0.859. The van der Waals surface area contributed by atoms with Gasteiger partial charge in [0.15, 0.2) is 0 Å². The van der Waals surface area contributed by atoms with E-state index in [4.69, 9.17) is 0 Å². The van der Waals surface area contributed by atoms with E-state index in [-0.39, 0.29) is 0 Å². The van der Waals surface area contributed by atoms with Crippen LogP contribution >= 0.6 is 0 Å². The van der Waals surface area contributed by atoms with Crippen LogP contribution in [0.2, 0.25) is 0 Å². The van der Waals surface area contributed by atoms with Crippen molar-refractivity contribution in [2.45, 2.75) is 37.2 Å². The highest BCUT2D eigenvalue weighted by Gasteiger charge is 2.23. The van der Waals surface area contributed by atoms with Crippen LogP contribution < -0.4 is 0 Å². The Balaban J connectivity index is 2.52. The summed E-state index contributed by atoms with van der Waals surface area (Å²) in [5.41, 5.74) is -0.0553. The minimum Gasteiger partial charge on any atom is -0.386 e. The maximum absolute atomic E-state index is 13.0. The van der Waals surface area contributed by atoms with Crippen molar-refractivity contribution in [3.8, 4) is 0 Å². The normalized spacial score (nSPS) is 13.9. The molecular formula is C19H22O2S. The molecule has 0 amide bonds. The maximum Gasteiger partial charge on any atom is 0.0853 e. The van der Waals surface area contributed by atoms with Crippen molar-refractivity contribution in [1.82, 2.24) is 0 Å². The third-order valence-electron chi connectivity index (χ3n) is 3.84. The molecule has 0 aliphatic carbocycles. The monoisotopic (exact) mass is 314 g/mol. The second kappa shape index (κ2) is 7.52. The van der Waals surface area contributed by atoms with Crippen molar-refractivity contribution in [3.05, 3.63) is 72.3 Å². The van der Waals surface area contributed by atoms with Crippen molar-refractivity contribution in [1.29, 1.82) is 0 Å². The predicted octanol–water partition coefficient (Wildman–Crippen LogP) is 4.39. The highest BCUT2D eigenvalue weighted by molar-refractivity contribution is 7.94. The molecule has 0 saturated heterocycles. The minimum atomic E-state index is -1.32. The number of benzene rings is 2. The number of rotatable bonds is 6. The lowest BCUT2D eigenvalue weighted by molar-refractivity contribution is 0.0835. The van der Waals surface area contributed by atoms with Gasteiger partial charge in [0, 0.05) is 9.80 Å². The van der Waals surface area contributed by atoms with Gasteiger partial charge in [-0.25, -0.2) is 4.21 Å². The fraction of sp³-hybridized carbons (Fsp3) is 0.263. The lowest BCUT2D eigenvalue weighted by Gasteiger charge is -2.23. The first-order valence-corrected chi connectivity index (χ1v) is 8.72. The molecule has 2 aromatic carbocycles. The molecule has 0 bridgehead atoms. The molecule has 0 saturated carbocycles. The Morgan fingerprint density at radius 1 is 1.00 bits per heavy atom. The molecule has 0 aliphatic rings. The maximum atomic E-state index is 13.0. The SMILES string of the molecule is CCC(O)(/C=C(/c1ccccc1)S(=O)c1ccccc1)CC. The minimum absolute atomic E-state index is 0.589. The molecule has 0 fully saturated rings. The molecule has 2 rings (SSSR count). The summed E-state index contributed by atoms with van der Waals surface area (Å²) in [5, 5.41) is 10.6. The van der Waals surface area contributed by atoms with Gasteiger partial charge in [0.1, 0.15) is 0 Å². The molecule has 2 nitrogen and oxygen atoms in total. The molecule has 116 valence electrons. The Morgan fingerprint density at radius 2 is 1.50 bits per heavy atom. The van der Waals surface area contributed by atoms with Crippen LogP contribution in [0.3, 0.4) is 0 Å². The fourth-order valence-corrected chi connectivity index (χ4v) is 3.55. The molecular weight excluding hydrogens is 292 g/mol. The molecule has 0 heterocycles. The van der Waals surface area contributed by atoms with E-state index in [1.807, 2.05) is 74.5 Å². The highest BCUT2D eigenvalue weighted by Crippen LogP contribution is 2.29. The van der Waals surface area contributed by atoms with E-state index in [9.17, 15) is 9.32 Å². The zero-order valence-electron chi connectivity index (χ0n) is 13.0. The standard InChI is InChI=1S/C19H22O2S/c1-3-19(20,4-2)15-18(16-11-7-5-8-12-16)22(21)17-13-9-6-10-14-17/h5-15,20H,3-4H2,1-2H3/b18-15-. The molecule has 2 aromatic rings. The van der Waals surface area contributed by atoms with Gasteiger partial charge in [0.05, 0.1) is 16.4 Å². The topological polar surface area (TPSA) is 37.3 Å². The summed E-state index contributed by atoms with van der Waals surface area (Å²) in [7, 11) is -1.32. The van der Waals surface area contributed by atoms with Gasteiger partial charge in [-0.05, 0) is 36.6 Å². The summed E-state index contributed by atoms with van der Waals surface area (Å²) in [6.45, 7) is 3.88. The molecule has 22 heavy (non-hydrogen) atoms. The van der Waals surface area contributed by atoms with Crippen LogP contribution in [0.5, 0.6) is 0 Å². The van der Waals surface area contributed by atoms with E-state index in [0.717, 1.165) is 10.5 Å². The van der Waals surface area contributed by atoms with Crippen molar-refractivity contribution in [2.75, 3.05) is 0 Å². The summed E-state index contributed by atoms with van der Waals surface area (Å²) in [4.78, 5) is 1.41. The summed E-state index contributed by atoms with van der Waals surface area (Å²) in [5.74, 6) is 0. The third kappa shape index (κ3) is 3.93. The van der Waals surface area contributed by atoms with Gasteiger partial charge in [-0.1, -0.05) is 62.4 Å². The molecule has 3 heteroatoms. The number of aliphatic hydroxyl groups is 1. The summed E-state index contributed by atoms with van der Waals surface area (Å²) in [6.07, 6.45) is 2.95. The second-order valence-corrected chi connectivity index (χ2v) is 6.72. The van der Waals surface area contributed by atoms with Crippen LogP contribution in [0.1, 0.15) is 32.3 Å². The van der Waals surface area contributed by atoms with Crippen LogP contribution in [-0.4, -0.2) is 14.9 Å². The Kier molecular flexibility index (Phi) is 5.69. The zero-order valence-corrected chi connectivity index (χ0v) is 13.8. The van der Waals surface area contributed by atoms with Gasteiger partial charge in [-0.3, -0.25) is 0 Å². The van der Waals surface area contributed by atoms with E-state index in [2.05, 4.69) is 0 Å². The van der Waals surface area contributed by atoms with E-state index in [1.54, 1.807) is 6.08 Å². The summed E-state index contributed by atoms with van der Waals surface area (Å²) >= 11 is 0. The molecule has 1 N–H and O–H groups in total. The molecule has 0 spiro atoms. The van der Waals surface area contributed by atoms with Crippen LogP contribution in [0.15, 0.2) is 71.6 Å². The smallest absolute Gasteiger partial charge is 0.0853 e. The predicted molar refractivity (Wildman–Crippen MR) is 92.8 cm³/mol. The molecule has 1 unspecified atom stereocenters. The van der Waals surface area contributed by atoms with E-state index >= 15 is 0 Å². The molecule has 0 aromatic heterocycles. The van der Waals surface area contributed by atoms with Crippen LogP contribution in [-0.2, 0) is 10.8 Å². The van der Waals surface area contributed by atoms with E-state index in [1.165, 1.54) is 0 Å². The molecule has 0 radical (unpaired) electrons. The van der Waals surface area contributed by atoms with Gasteiger partial charge >= 0.3 is 0 Å². The van der Waals surface area contributed by atoms with Gasteiger partial charge in [0.25, 0.3) is 0 Å². The largest absolute Gasteiger partial charge is 0.386 e. The first-order valence-electron chi connectivity index (χ1n) is 7.57. The Labute approximate surface area is 135 Å². The van der Waals surface area contributed by atoms with E-state index < -0.39 is 16.4 Å². The fourth-order valence-electron chi connectivity index (χ4n) is 2.22. The average Bonchev–Trinajstić information content (AvgIpc) is 2.60. The third-order valence-corrected chi connectivity index (χ3v) is 5.29. The molecule has 0 aliphatic heterocycles. The van der Waals surface area contributed by atoms with Crippen molar-refractivity contribution in [3.63, 3.8) is 0 Å². The van der Waals surface area contributed by atoms with Crippen molar-refractivity contribution in [2.24, 2.45) is 0 Å². The van der Waals surface area contributed by atoms with Crippen molar-refractivity contribution >= 4 is 15.7 Å². The Bertz CT molecular complexity index is 644. The Hall–Kier alpha value is -1.71. The van der Waals surface area contributed by atoms with Crippen molar-refractivity contribution < 1.29 is 9.32 Å². The van der Waals surface area contributed by atoms with Crippen LogP contribution in [0.4, 0.5) is 0 Å². The first kappa shape index (κ1) is 16.7. The number of hydrogen-bond acceptors (Lipinski definition) is 2. The van der Waals surface area contributed by atoms with Gasteiger partial charge < -0.3 is 5.11 Å². The summed E-state index contributed by atoms with van der Waals surface area (Å²) < 4.78 is 13.0. The lowest BCUT2D eigenvalue weighted by atomic mass is 9.96. The van der Waals surface area contributed by atoms with E-state index in [0.29, 0.717) is 17.7 Å². The van der Waals surface area contributed by atoms with Gasteiger partial charge in [-0.2, -0.15) is 0 Å². The number of hydrogen-bond donors (Lipinski definition) is 1. The summed E-state index contributed by atoms with van der Waals surface area (Å²) in [6, 6.07) is 19.0. The first-order chi connectivity index (χ1) is 10.6. The lowest BCUT2D eigenvalue weighted by Crippen LogP contribution is -2.24. The second-order valence-electron chi connectivity index (χ2n) is 5.27. The van der Waals surface area contributed by atoms with Crippen LogP contribution in [0.25, 0.3) is 4.91 Å². The van der Waals surface area contributed by atoms with Crippen LogP contribution in [0, 0.1) is 0 Å². The molecule has 1 atom stereocenters. The Morgan fingerprint density at radius 3 is 2.00 bits per heavy atom. The highest BCUT2D eigenvalue weighted by atomic mass is 32.2. The average molecular weight is 314 g/mol. The van der Waals surface area contributed by atoms with Gasteiger partial charge in [-0.15, -0.1) is 0 Å².